The van der Waals surface area contributed by atoms with Crippen LogP contribution in [-0.2, 0) is 19.2 Å². The molecule has 1 rings (SSSR count). The van der Waals surface area contributed by atoms with Crippen LogP contribution in [0.5, 0.6) is 0 Å². The van der Waals surface area contributed by atoms with Crippen LogP contribution in [0, 0.1) is 28.6 Å². The van der Waals surface area contributed by atoms with Crippen molar-refractivity contribution < 1.29 is 32.3 Å². The van der Waals surface area contributed by atoms with E-state index in [9.17, 15) is 37.6 Å². The second-order valence-electron chi connectivity index (χ2n) is 10.0. The maximum Gasteiger partial charge on any atom is 0.471 e. The van der Waals surface area contributed by atoms with Gasteiger partial charge in [-0.25, -0.2) is 0 Å². The first-order valence-corrected chi connectivity index (χ1v) is 11.2. The lowest BCUT2D eigenvalue weighted by atomic mass is 9.85. The van der Waals surface area contributed by atoms with Crippen LogP contribution in [0.3, 0.4) is 0 Å². The summed E-state index contributed by atoms with van der Waals surface area (Å²) < 4.78 is 38.3. The van der Waals surface area contributed by atoms with Crippen LogP contribution >= 0.6 is 0 Å². The predicted octanol–water partition coefficient (Wildman–Crippen LogP) is 1.54. The molecule has 192 valence electrons. The van der Waals surface area contributed by atoms with Gasteiger partial charge in [-0.2, -0.15) is 18.4 Å². The van der Waals surface area contributed by atoms with Crippen molar-refractivity contribution in [1.29, 1.82) is 5.26 Å². The summed E-state index contributed by atoms with van der Waals surface area (Å²) >= 11 is 0. The Hall–Kier alpha value is -2.84. The largest absolute Gasteiger partial charge is 0.471 e. The van der Waals surface area contributed by atoms with E-state index < -0.39 is 53.4 Å². The highest BCUT2D eigenvalue weighted by atomic mass is 19.4. The number of nitriles is 1. The van der Waals surface area contributed by atoms with Gasteiger partial charge in [0.25, 0.3) is 0 Å². The summed E-state index contributed by atoms with van der Waals surface area (Å²) in [6.45, 7) is 8.56. The highest BCUT2D eigenvalue weighted by Gasteiger charge is 2.44. The third kappa shape index (κ3) is 9.19. The zero-order valence-electron chi connectivity index (χ0n) is 20.1. The molecule has 0 aromatic carbocycles. The fourth-order valence-corrected chi connectivity index (χ4v) is 3.61. The third-order valence-electron chi connectivity index (χ3n) is 5.39. The van der Waals surface area contributed by atoms with E-state index in [1.54, 1.807) is 19.2 Å². The van der Waals surface area contributed by atoms with Crippen molar-refractivity contribution in [2.45, 2.75) is 84.6 Å². The van der Waals surface area contributed by atoms with Crippen molar-refractivity contribution >= 4 is 23.6 Å². The van der Waals surface area contributed by atoms with Crippen LogP contribution in [0.15, 0.2) is 0 Å². The van der Waals surface area contributed by atoms with E-state index in [1.165, 1.54) is 20.8 Å². The van der Waals surface area contributed by atoms with Crippen molar-refractivity contribution in [2.75, 3.05) is 6.54 Å². The second kappa shape index (κ2) is 12.0. The molecule has 0 saturated carbocycles. The van der Waals surface area contributed by atoms with Crippen molar-refractivity contribution in [1.82, 2.24) is 21.3 Å². The maximum absolute atomic E-state index is 12.9. The smallest absolute Gasteiger partial charge is 0.356 e. The van der Waals surface area contributed by atoms with E-state index in [2.05, 4.69) is 16.0 Å². The number of carbonyl (C=O) groups is 4. The fourth-order valence-electron chi connectivity index (χ4n) is 3.61. The molecule has 0 spiro atoms. The number of halogens is 3. The number of hydrogen-bond donors (Lipinski definition) is 4. The molecule has 0 bridgehead atoms. The molecule has 1 heterocycles. The van der Waals surface area contributed by atoms with E-state index in [0.717, 1.165) is 6.42 Å². The van der Waals surface area contributed by atoms with Crippen LogP contribution in [-0.4, -0.2) is 54.5 Å². The summed E-state index contributed by atoms with van der Waals surface area (Å²) in [6.07, 6.45) is -3.60. The second-order valence-corrected chi connectivity index (χ2v) is 10.0. The van der Waals surface area contributed by atoms with Gasteiger partial charge in [0, 0.05) is 12.5 Å². The number of alkyl halides is 3. The molecule has 4 atom stereocenters. The summed E-state index contributed by atoms with van der Waals surface area (Å²) in [7, 11) is 0. The highest BCUT2D eigenvalue weighted by molar-refractivity contribution is 5.93. The number of nitrogens with one attached hydrogen (secondary N) is 4. The van der Waals surface area contributed by atoms with E-state index in [0.29, 0.717) is 13.0 Å². The molecule has 1 unspecified atom stereocenters. The Bertz CT molecular complexity index is 802. The zero-order valence-corrected chi connectivity index (χ0v) is 20.1. The molecule has 1 aliphatic rings. The zero-order chi connectivity index (χ0) is 26.3. The molecule has 0 radical (unpaired) electrons. The Balaban J connectivity index is 2.97. The molecule has 1 fully saturated rings. The number of hydrogen-bond acceptors (Lipinski definition) is 5. The molecule has 12 heteroatoms. The van der Waals surface area contributed by atoms with Crippen molar-refractivity contribution in [3.63, 3.8) is 0 Å². The van der Waals surface area contributed by atoms with Crippen LogP contribution in [0.25, 0.3) is 0 Å². The summed E-state index contributed by atoms with van der Waals surface area (Å²) in [6, 6.07) is -1.77. The van der Waals surface area contributed by atoms with Crippen molar-refractivity contribution in [3.8, 4) is 6.07 Å². The maximum atomic E-state index is 12.9. The predicted molar refractivity (Wildman–Crippen MR) is 117 cm³/mol. The van der Waals surface area contributed by atoms with Crippen molar-refractivity contribution in [3.05, 3.63) is 0 Å². The number of amides is 4. The van der Waals surface area contributed by atoms with Gasteiger partial charge in [0.1, 0.15) is 18.1 Å². The van der Waals surface area contributed by atoms with Gasteiger partial charge in [0.15, 0.2) is 0 Å². The Kier molecular flexibility index (Phi) is 10.3. The van der Waals surface area contributed by atoms with Crippen molar-refractivity contribution in [2.24, 2.45) is 17.3 Å². The topological polar surface area (TPSA) is 140 Å². The monoisotopic (exact) mass is 489 g/mol. The molecule has 0 aromatic heterocycles. The van der Waals surface area contributed by atoms with Gasteiger partial charge in [-0.1, -0.05) is 34.6 Å². The average molecular weight is 490 g/mol. The van der Waals surface area contributed by atoms with E-state index in [4.69, 9.17) is 0 Å². The first-order valence-electron chi connectivity index (χ1n) is 11.2. The summed E-state index contributed by atoms with van der Waals surface area (Å²) in [4.78, 5) is 49.2. The minimum atomic E-state index is -5.18. The first kappa shape index (κ1) is 29.2. The van der Waals surface area contributed by atoms with E-state index in [-0.39, 0.29) is 24.7 Å². The summed E-state index contributed by atoms with van der Waals surface area (Å²) in [5.74, 6) is -4.62. The number of nitrogens with zero attached hydrogens (tertiary/aromatic N) is 1. The van der Waals surface area contributed by atoms with Crippen LogP contribution in [0.1, 0.15) is 60.3 Å². The quantitative estimate of drug-likeness (QED) is 0.389. The Morgan fingerprint density at radius 2 is 1.74 bits per heavy atom. The third-order valence-corrected chi connectivity index (χ3v) is 5.39. The van der Waals surface area contributed by atoms with Gasteiger partial charge in [0.05, 0.1) is 6.07 Å². The lowest BCUT2D eigenvalue weighted by Gasteiger charge is -2.32. The molecule has 34 heavy (non-hydrogen) atoms. The molecule has 4 amide bonds. The van der Waals surface area contributed by atoms with Gasteiger partial charge in [-0.15, -0.1) is 0 Å². The average Bonchev–Trinajstić information content (AvgIpc) is 2.70. The van der Waals surface area contributed by atoms with Crippen LogP contribution in [0.4, 0.5) is 13.2 Å². The molecular formula is C22H34F3N5O4. The lowest BCUT2D eigenvalue weighted by molar-refractivity contribution is -0.175. The molecule has 9 nitrogen and oxygen atoms in total. The number of carbonyl (C=O) groups excluding carboxylic acids is 4. The summed E-state index contributed by atoms with van der Waals surface area (Å²) in [5.41, 5.74) is -1.09. The Morgan fingerprint density at radius 1 is 1.12 bits per heavy atom. The SMILES string of the molecule is CC(C)C[C@H](NC(=O)C(NC(=O)C(F)(F)F)C(C)(C)C)C(=O)N[C@H](C#N)C[C@@H]1CCCNC1=O. The van der Waals surface area contributed by atoms with Crippen LogP contribution in [0.2, 0.25) is 0 Å². The molecule has 0 aliphatic carbocycles. The molecule has 4 N–H and O–H groups in total. The Morgan fingerprint density at radius 3 is 2.21 bits per heavy atom. The summed E-state index contributed by atoms with van der Waals surface area (Å²) in [5, 5.41) is 18.8. The first-order chi connectivity index (χ1) is 15.6. The van der Waals surface area contributed by atoms with Gasteiger partial charge in [-0.05, 0) is 37.0 Å². The van der Waals surface area contributed by atoms with Gasteiger partial charge in [-0.3, -0.25) is 19.2 Å². The molecule has 1 saturated heterocycles. The Labute approximate surface area is 197 Å². The van der Waals surface area contributed by atoms with Gasteiger partial charge in [0.2, 0.25) is 17.7 Å². The van der Waals surface area contributed by atoms with E-state index in [1.807, 2.05) is 6.07 Å². The highest BCUT2D eigenvalue weighted by Crippen LogP contribution is 2.23. The standard InChI is InChI=1S/C22H34F3N5O4/c1-12(2)9-15(18(32)28-14(11-26)10-13-7-6-8-27-17(13)31)29-19(33)16(21(3,4)5)30-20(34)22(23,24)25/h12-16H,6-10H2,1-5H3,(H,27,31)(H,28,32)(H,29,33)(H,30,34)/t13-,14-,15-,16?/m0/s1. The minimum Gasteiger partial charge on any atom is -0.356 e. The number of piperidine rings is 1. The normalized spacial score (nSPS) is 19.3. The van der Waals surface area contributed by atoms with Gasteiger partial charge < -0.3 is 21.3 Å². The number of rotatable bonds is 9. The fraction of sp³-hybridized carbons (Fsp3) is 0.773. The van der Waals surface area contributed by atoms with Gasteiger partial charge >= 0.3 is 12.1 Å². The van der Waals surface area contributed by atoms with E-state index >= 15 is 0 Å². The molecular weight excluding hydrogens is 455 g/mol. The molecule has 1 aliphatic heterocycles. The van der Waals surface area contributed by atoms with Crippen LogP contribution < -0.4 is 21.3 Å². The molecule has 0 aromatic rings. The minimum absolute atomic E-state index is 0.0847. The lowest BCUT2D eigenvalue weighted by Crippen LogP contribution is -2.60.